The third-order valence-electron chi connectivity index (χ3n) is 2.53. The minimum absolute atomic E-state index is 0.0462. The van der Waals surface area contributed by atoms with E-state index in [2.05, 4.69) is 26.8 Å². The summed E-state index contributed by atoms with van der Waals surface area (Å²) in [6.07, 6.45) is 3.04. The first kappa shape index (κ1) is 11.4. The van der Waals surface area contributed by atoms with Gasteiger partial charge in [0.25, 0.3) is 0 Å². The summed E-state index contributed by atoms with van der Waals surface area (Å²) in [6, 6.07) is 2.35. The Bertz CT molecular complexity index is 148. The molecular formula is C10H20N2. The van der Waals surface area contributed by atoms with Crippen molar-refractivity contribution >= 4 is 0 Å². The van der Waals surface area contributed by atoms with Gasteiger partial charge in [0.05, 0.1) is 12.0 Å². The quantitative estimate of drug-likeness (QED) is 0.684. The fourth-order valence-electron chi connectivity index (χ4n) is 1.32. The molecule has 0 aliphatic carbocycles. The summed E-state index contributed by atoms with van der Waals surface area (Å²) < 4.78 is 0. The number of nitrogens with zero attached hydrogens (tertiary/aromatic N) is 1. The van der Waals surface area contributed by atoms with Gasteiger partial charge in [0.1, 0.15) is 0 Å². The van der Waals surface area contributed by atoms with Crippen LogP contribution in [0.15, 0.2) is 0 Å². The molecule has 0 aromatic carbocycles. The zero-order valence-corrected chi connectivity index (χ0v) is 8.38. The first-order valence-corrected chi connectivity index (χ1v) is 4.82. The van der Waals surface area contributed by atoms with Gasteiger partial charge in [0, 0.05) is 6.04 Å². The summed E-state index contributed by atoms with van der Waals surface area (Å²) >= 11 is 0. The van der Waals surface area contributed by atoms with E-state index < -0.39 is 0 Å². The van der Waals surface area contributed by atoms with Crippen molar-refractivity contribution in [2.45, 2.75) is 46.1 Å². The fourth-order valence-corrected chi connectivity index (χ4v) is 1.32. The summed E-state index contributed by atoms with van der Waals surface area (Å²) in [4.78, 5) is 0. The number of hydrogen-bond donors (Lipinski definition) is 1. The maximum atomic E-state index is 8.84. The van der Waals surface area contributed by atoms with Crippen molar-refractivity contribution in [3.63, 3.8) is 0 Å². The van der Waals surface area contributed by atoms with E-state index in [0.717, 1.165) is 19.3 Å². The van der Waals surface area contributed by atoms with Crippen molar-refractivity contribution in [1.29, 1.82) is 5.26 Å². The lowest BCUT2D eigenvalue weighted by Crippen LogP contribution is -2.35. The SMILES string of the molecule is CCCC(C#N)C(N)C(C)CC. The fraction of sp³-hybridized carbons (Fsp3) is 0.900. The Balaban J connectivity index is 4.03. The Hall–Kier alpha value is -0.550. The molecule has 0 heterocycles. The van der Waals surface area contributed by atoms with Gasteiger partial charge in [0.2, 0.25) is 0 Å². The van der Waals surface area contributed by atoms with E-state index in [1.807, 2.05) is 0 Å². The predicted octanol–water partition coefficient (Wildman–Crippen LogP) is 2.30. The summed E-state index contributed by atoms with van der Waals surface area (Å²) in [5.41, 5.74) is 5.95. The van der Waals surface area contributed by atoms with Crippen molar-refractivity contribution < 1.29 is 0 Å². The molecule has 0 radical (unpaired) electrons. The average molecular weight is 168 g/mol. The molecule has 70 valence electrons. The molecule has 3 atom stereocenters. The molecule has 0 fully saturated rings. The first-order valence-electron chi connectivity index (χ1n) is 4.82. The third-order valence-corrected chi connectivity index (χ3v) is 2.53. The molecule has 0 aliphatic heterocycles. The second-order valence-electron chi connectivity index (χ2n) is 3.49. The van der Waals surface area contributed by atoms with E-state index in [0.29, 0.717) is 5.92 Å². The van der Waals surface area contributed by atoms with E-state index in [1.54, 1.807) is 0 Å². The van der Waals surface area contributed by atoms with E-state index >= 15 is 0 Å². The van der Waals surface area contributed by atoms with Crippen LogP contribution in [0.4, 0.5) is 0 Å². The highest BCUT2D eigenvalue weighted by molar-refractivity contribution is 4.91. The second kappa shape index (κ2) is 6.02. The van der Waals surface area contributed by atoms with Crippen LogP contribution in [0.2, 0.25) is 0 Å². The maximum Gasteiger partial charge on any atom is 0.0672 e. The molecule has 0 amide bonds. The van der Waals surface area contributed by atoms with Crippen LogP contribution in [-0.2, 0) is 0 Å². The lowest BCUT2D eigenvalue weighted by molar-refractivity contribution is 0.353. The van der Waals surface area contributed by atoms with Crippen LogP contribution < -0.4 is 5.73 Å². The predicted molar refractivity (Wildman–Crippen MR) is 51.4 cm³/mol. The van der Waals surface area contributed by atoms with Gasteiger partial charge in [-0.15, -0.1) is 0 Å². The van der Waals surface area contributed by atoms with Crippen LogP contribution in [-0.4, -0.2) is 6.04 Å². The molecule has 0 aromatic heterocycles. The van der Waals surface area contributed by atoms with Crippen LogP contribution in [0.1, 0.15) is 40.0 Å². The zero-order valence-electron chi connectivity index (χ0n) is 8.38. The molecule has 0 saturated carbocycles. The number of rotatable bonds is 5. The van der Waals surface area contributed by atoms with E-state index in [9.17, 15) is 0 Å². The molecule has 0 saturated heterocycles. The molecule has 0 aliphatic rings. The molecule has 2 nitrogen and oxygen atoms in total. The van der Waals surface area contributed by atoms with Gasteiger partial charge < -0.3 is 5.73 Å². The summed E-state index contributed by atoms with van der Waals surface area (Å²) in [5, 5.41) is 8.84. The Kier molecular flexibility index (Phi) is 5.74. The Morgan fingerprint density at radius 2 is 2.00 bits per heavy atom. The van der Waals surface area contributed by atoms with Gasteiger partial charge in [-0.05, 0) is 12.3 Å². The van der Waals surface area contributed by atoms with E-state index in [4.69, 9.17) is 11.0 Å². The van der Waals surface area contributed by atoms with E-state index in [-0.39, 0.29) is 12.0 Å². The lowest BCUT2D eigenvalue weighted by atomic mass is 9.87. The molecule has 0 rings (SSSR count). The van der Waals surface area contributed by atoms with Crippen molar-refractivity contribution in [2.75, 3.05) is 0 Å². The molecule has 0 aromatic rings. The van der Waals surface area contributed by atoms with Crippen LogP contribution >= 0.6 is 0 Å². The normalized spacial score (nSPS) is 17.9. The van der Waals surface area contributed by atoms with Crippen molar-refractivity contribution in [3.05, 3.63) is 0 Å². The highest BCUT2D eigenvalue weighted by Gasteiger charge is 2.20. The Morgan fingerprint density at radius 1 is 1.42 bits per heavy atom. The molecular weight excluding hydrogens is 148 g/mol. The van der Waals surface area contributed by atoms with Crippen molar-refractivity contribution in [1.82, 2.24) is 0 Å². The molecule has 12 heavy (non-hydrogen) atoms. The van der Waals surface area contributed by atoms with Gasteiger partial charge >= 0.3 is 0 Å². The Labute approximate surface area is 75.8 Å². The number of nitrogens with two attached hydrogens (primary N) is 1. The van der Waals surface area contributed by atoms with Gasteiger partial charge in [-0.1, -0.05) is 33.6 Å². The lowest BCUT2D eigenvalue weighted by Gasteiger charge is -2.22. The summed E-state index contributed by atoms with van der Waals surface area (Å²) in [7, 11) is 0. The minimum Gasteiger partial charge on any atom is -0.326 e. The summed E-state index contributed by atoms with van der Waals surface area (Å²) in [6.45, 7) is 6.32. The van der Waals surface area contributed by atoms with Crippen LogP contribution in [0.25, 0.3) is 0 Å². The van der Waals surface area contributed by atoms with Crippen LogP contribution in [0.3, 0.4) is 0 Å². The smallest absolute Gasteiger partial charge is 0.0672 e. The maximum absolute atomic E-state index is 8.84. The molecule has 2 N–H and O–H groups in total. The highest BCUT2D eigenvalue weighted by Crippen LogP contribution is 2.17. The third kappa shape index (κ3) is 3.23. The van der Waals surface area contributed by atoms with Crippen LogP contribution in [0.5, 0.6) is 0 Å². The number of nitriles is 1. The van der Waals surface area contributed by atoms with Crippen molar-refractivity contribution in [2.24, 2.45) is 17.6 Å². The average Bonchev–Trinajstić information content (AvgIpc) is 2.11. The largest absolute Gasteiger partial charge is 0.326 e. The standard InChI is InChI=1S/C10H20N2/c1-4-6-9(7-11)10(12)8(3)5-2/h8-10H,4-6,12H2,1-3H3. The van der Waals surface area contributed by atoms with Gasteiger partial charge in [-0.2, -0.15) is 5.26 Å². The first-order chi connectivity index (χ1) is 5.67. The summed E-state index contributed by atoms with van der Waals surface area (Å²) in [5.74, 6) is 0.506. The van der Waals surface area contributed by atoms with Gasteiger partial charge in [-0.3, -0.25) is 0 Å². The molecule has 2 heteroatoms. The van der Waals surface area contributed by atoms with Gasteiger partial charge in [0.15, 0.2) is 0 Å². The zero-order chi connectivity index (χ0) is 9.56. The number of hydrogen-bond acceptors (Lipinski definition) is 2. The Morgan fingerprint density at radius 3 is 2.33 bits per heavy atom. The molecule has 0 bridgehead atoms. The van der Waals surface area contributed by atoms with E-state index in [1.165, 1.54) is 0 Å². The topological polar surface area (TPSA) is 49.8 Å². The van der Waals surface area contributed by atoms with Crippen molar-refractivity contribution in [3.8, 4) is 6.07 Å². The van der Waals surface area contributed by atoms with Crippen LogP contribution in [0, 0.1) is 23.2 Å². The highest BCUT2D eigenvalue weighted by atomic mass is 14.7. The van der Waals surface area contributed by atoms with Gasteiger partial charge in [-0.25, -0.2) is 0 Å². The second-order valence-corrected chi connectivity index (χ2v) is 3.49. The minimum atomic E-state index is 0.0462. The molecule has 3 unspecified atom stereocenters. The monoisotopic (exact) mass is 168 g/mol. The molecule has 0 spiro atoms.